The molecular formula is C12H23N3O5. The van der Waals surface area contributed by atoms with Gasteiger partial charge in [-0.25, -0.2) is 9.59 Å². The minimum Gasteiger partial charge on any atom is -0.481 e. The van der Waals surface area contributed by atoms with Gasteiger partial charge in [0.2, 0.25) is 0 Å². The summed E-state index contributed by atoms with van der Waals surface area (Å²) in [5, 5.41) is 21.9. The lowest BCUT2D eigenvalue weighted by atomic mass is 10.2. The molecule has 0 spiro atoms. The topological polar surface area (TPSA) is 119 Å². The molecule has 2 amide bonds. The number of carboxylic acids is 2. The molecule has 0 heterocycles. The average molecular weight is 289 g/mol. The molecule has 0 rings (SSSR count). The van der Waals surface area contributed by atoms with Crippen molar-refractivity contribution in [2.45, 2.75) is 38.8 Å². The summed E-state index contributed by atoms with van der Waals surface area (Å²) in [6.07, 6.45) is 0.0671. The number of carbonyl (C=O) groups is 3. The standard InChI is InChI=1S/C12H23N3O5/c1-8(2)15(3)6-4-5-13-12(20)14-9(11(18)19)7-10(16)17/h8-9H,4-7H2,1-3H3,(H,16,17)(H,18,19)(H2,13,14,20)/t9-/m1/s1. The first-order valence-corrected chi connectivity index (χ1v) is 6.43. The van der Waals surface area contributed by atoms with Gasteiger partial charge in [0.1, 0.15) is 6.04 Å². The van der Waals surface area contributed by atoms with E-state index >= 15 is 0 Å². The number of carboxylic acid groups (broad SMARTS) is 2. The lowest BCUT2D eigenvalue weighted by Gasteiger charge is -2.20. The number of hydrogen-bond acceptors (Lipinski definition) is 4. The quantitative estimate of drug-likeness (QED) is 0.442. The van der Waals surface area contributed by atoms with Crippen molar-refractivity contribution in [2.24, 2.45) is 0 Å². The van der Waals surface area contributed by atoms with Gasteiger partial charge in [0, 0.05) is 12.6 Å². The van der Waals surface area contributed by atoms with Crippen LogP contribution in [0.25, 0.3) is 0 Å². The molecule has 0 aliphatic carbocycles. The van der Waals surface area contributed by atoms with Gasteiger partial charge in [-0.05, 0) is 33.9 Å². The Morgan fingerprint density at radius 1 is 1.20 bits per heavy atom. The van der Waals surface area contributed by atoms with Crippen LogP contribution >= 0.6 is 0 Å². The van der Waals surface area contributed by atoms with Crippen molar-refractivity contribution < 1.29 is 24.6 Å². The van der Waals surface area contributed by atoms with Crippen molar-refractivity contribution in [3.8, 4) is 0 Å². The first-order chi connectivity index (χ1) is 9.23. The Kier molecular flexibility index (Phi) is 8.30. The van der Waals surface area contributed by atoms with Gasteiger partial charge in [-0.2, -0.15) is 0 Å². The number of carbonyl (C=O) groups excluding carboxylic acids is 1. The van der Waals surface area contributed by atoms with Crippen LogP contribution in [0.4, 0.5) is 4.79 Å². The van der Waals surface area contributed by atoms with E-state index in [0.29, 0.717) is 12.6 Å². The summed E-state index contributed by atoms with van der Waals surface area (Å²) in [7, 11) is 1.97. The highest BCUT2D eigenvalue weighted by Crippen LogP contribution is 1.95. The third-order valence-electron chi connectivity index (χ3n) is 2.84. The molecule has 8 heteroatoms. The van der Waals surface area contributed by atoms with Gasteiger partial charge in [0.25, 0.3) is 0 Å². The Morgan fingerprint density at radius 3 is 2.25 bits per heavy atom. The second-order valence-corrected chi connectivity index (χ2v) is 4.82. The maximum absolute atomic E-state index is 11.4. The summed E-state index contributed by atoms with van der Waals surface area (Å²) in [5.74, 6) is -2.65. The molecule has 0 aromatic carbocycles. The largest absolute Gasteiger partial charge is 0.481 e. The third-order valence-corrected chi connectivity index (χ3v) is 2.84. The van der Waals surface area contributed by atoms with E-state index in [1.165, 1.54) is 0 Å². The summed E-state index contributed by atoms with van der Waals surface area (Å²) in [6.45, 7) is 5.31. The van der Waals surface area contributed by atoms with Crippen LogP contribution in [0.5, 0.6) is 0 Å². The fourth-order valence-electron chi connectivity index (χ4n) is 1.37. The van der Waals surface area contributed by atoms with Crippen molar-refractivity contribution >= 4 is 18.0 Å². The highest BCUT2D eigenvalue weighted by molar-refractivity contribution is 5.86. The molecule has 0 aromatic rings. The van der Waals surface area contributed by atoms with E-state index in [1.54, 1.807) is 0 Å². The van der Waals surface area contributed by atoms with E-state index in [4.69, 9.17) is 10.2 Å². The summed E-state index contributed by atoms with van der Waals surface area (Å²) in [4.78, 5) is 34.7. The van der Waals surface area contributed by atoms with E-state index < -0.39 is 30.4 Å². The second-order valence-electron chi connectivity index (χ2n) is 4.82. The number of rotatable bonds is 9. The van der Waals surface area contributed by atoms with Crippen LogP contribution in [0.3, 0.4) is 0 Å². The predicted molar refractivity (Wildman–Crippen MR) is 72.6 cm³/mol. The van der Waals surface area contributed by atoms with Crippen LogP contribution in [-0.2, 0) is 9.59 Å². The van der Waals surface area contributed by atoms with Crippen LogP contribution < -0.4 is 10.6 Å². The molecule has 0 aliphatic rings. The van der Waals surface area contributed by atoms with Crippen LogP contribution in [0.15, 0.2) is 0 Å². The van der Waals surface area contributed by atoms with Crippen LogP contribution in [0.1, 0.15) is 26.7 Å². The van der Waals surface area contributed by atoms with E-state index in [0.717, 1.165) is 13.0 Å². The van der Waals surface area contributed by atoms with Gasteiger partial charge in [-0.3, -0.25) is 4.79 Å². The van der Waals surface area contributed by atoms with E-state index in [1.807, 2.05) is 7.05 Å². The molecule has 1 atom stereocenters. The Labute approximate surface area is 118 Å². The molecule has 8 nitrogen and oxygen atoms in total. The highest BCUT2D eigenvalue weighted by Gasteiger charge is 2.22. The molecule has 0 bridgehead atoms. The van der Waals surface area contributed by atoms with Gasteiger partial charge in [-0.1, -0.05) is 0 Å². The predicted octanol–water partition coefficient (Wildman–Crippen LogP) is -0.0562. The number of amides is 2. The van der Waals surface area contributed by atoms with E-state index in [-0.39, 0.29) is 0 Å². The zero-order valence-electron chi connectivity index (χ0n) is 12.0. The smallest absolute Gasteiger partial charge is 0.326 e. The van der Waals surface area contributed by atoms with E-state index in [9.17, 15) is 14.4 Å². The first kappa shape index (κ1) is 18.2. The van der Waals surface area contributed by atoms with Gasteiger partial charge in [0.05, 0.1) is 6.42 Å². The Hall–Kier alpha value is -1.83. The zero-order chi connectivity index (χ0) is 15.7. The molecule has 0 unspecified atom stereocenters. The highest BCUT2D eigenvalue weighted by atomic mass is 16.4. The average Bonchev–Trinajstić information content (AvgIpc) is 2.32. The molecule has 0 aromatic heterocycles. The molecule has 0 aliphatic heterocycles. The Balaban J connectivity index is 3.97. The van der Waals surface area contributed by atoms with Crippen LogP contribution in [0.2, 0.25) is 0 Å². The second kappa shape index (κ2) is 9.13. The minimum atomic E-state index is -1.43. The van der Waals surface area contributed by atoms with Crippen molar-refractivity contribution in [3.63, 3.8) is 0 Å². The fourth-order valence-corrected chi connectivity index (χ4v) is 1.37. The van der Waals surface area contributed by atoms with Gasteiger partial charge in [-0.15, -0.1) is 0 Å². The number of aliphatic carboxylic acids is 2. The lowest BCUT2D eigenvalue weighted by molar-refractivity contribution is -0.145. The summed E-state index contributed by atoms with van der Waals surface area (Å²) >= 11 is 0. The summed E-state index contributed by atoms with van der Waals surface area (Å²) < 4.78 is 0. The molecule has 0 saturated heterocycles. The molecule has 4 N–H and O–H groups in total. The van der Waals surface area contributed by atoms with Gasteiger partial charge < -0.3 is 25.7 Å². The number of urea groups is 1. The van der Waals surface area contributed by atoms with Crippen molar-refractivity contribution in [2.75, 3.05) is 20.1 Å². The van der Waals surface area contributed by atoms with E-state index in [2.05, 4.69) is 29.4 Å². The zero-order valence-corrected chi connectivity index (χ0v) is 12.0. The molecule has 0 radical (unpaired) electrons. The van der Waals surface area contributed by atoms with Gasteiger partial charge in [0.15, 0.2) is 0 Å². The molecule has 20 heavy (non-hydrogen) atoms. The molecular weight excluding hydrogens is 266 g/mol. The van der Waals surface area contributed by atoms with Gasteiger partial charge >= 0.3 is 18.0 Å². The minimum absolute atomic E-state index is 0.391. The molecule has 116 valence electrons. The SMILES string of the molecule is CC(C)N(C)CCCNC(=O)N[C@H](CC(=O)O)C(=O)O. The molecule has 0 fully saturated rings. The monoisotopic (exact) mass is 289 g/mol. The lowest BCUT2D eigenvalue weighted by Crippen LogP contribution is -2.47. The summed E-state index contributed by atoms with van der Waals surface area (Å²) in [6, 6.07) is -1.69. The first-order valence-electron chi connectivity index (χ1n) is 6.43. The van der Waals surface area contributed by atoms with Crippen molar-refractivity contribution in [1.82, 2.24) is 15.5 Å². The van der Waals surface area contributed by atoms with Crippen LogP contribution in [-0.4, -0.2) is 65.3 Å². The maximum atomic E-state index is 11.4. The Bertz CT molecular complexity index is 346. The van der Waals surface area contributed by atoms with Crippen LogP contribution in [0, 0.1) is 0 Å². The third kappa shape index (κ3) is 8.30. The fraction of sp³-hybridized carbons (Fsp3) is 0.750. The number of nitrogens with zero attached hydrogens (tertiary/aromatic N) is 1. The maximum Gasteiger partial charge on any atom is 0.326 e. The number of nitrogens with one attached hydrogen (secondary N) is 2. The Morgan fingerprint density at radius 2 is 1.80 bits per heavy atom. The van der Waals surface area contributed by atoms with Crippen molar-refractivity contribution in [1.29, 1.82) is 0 Å². The normalized spacial score (nSPS) is 12.2. The van der Waals surface area contributed by atoms with Crippen molar-refractivity contribution in [3.05, 3.63) is 0 Å². The number of hydrogen-bond donors (Lipinski definition) is 4. The summed E-state index contributed by atoms with van der Waals surface area (Å²) in [5.41, 5.74) is 0. The molecule has 0 saturated carbocycles.